The van der Waals surface area contributed by atoms with Crippen molar-refractivity contribution in [2.24, 2.45) is 5.73 Å². The molecule has 0 atom stereocenters. The van der Waals surface area contributed by atoms with Gasteiger partial charge in [-0.15, -0.1) is 0 Å². The van der Waals surface area contributed by atoms with Crippen molar-refractivity contribution in [1.82, 2.24) is 0 Å². The summed E-state index contributed by atoms with van der Waals surface area (Å²) in [5.41, 5.74) is 6.31. The van der Waals surface area contributed by atoms with Crippen LogP contribution in [0.15, 0.2) is 22.7 Å². The summed E-state index contributed by atoms with van der Waals surface area (Å²) in [4.78, 5) is 21.4. The van der Waals surface area contributed by atoms with Crippen molar-refractivity contribution in [3.63, 3.8) is 0 Å². The molecule has 2 amide bonds. The summed E-state index contributed by atoms with van der Waals surface area (Å²) in [6.45, 7) is 1.88. The van der Waals surface area contributed by atoms with Crippen molar-refractivity contribution >= 4 is 33.4 Å². The maximum Gasteiger partial charge on any atom is 0.313 e. The SMILES string of the molecule is Cc1cc(NC(=O)C(N)=O)ccc1Br. The minimum Gasteiger partial charge on any atom is -0.361 e. The van der Waals surface area contributed by atoms with Crippen molar-refractivity contribution in [3.05, 3.63) is 28.2 Å². The van der Waals surface area contributed by atoms with Crippen LogP contribution in [0.1, 0.15) is 5.56 Å². The highest BCUT2D eigenvalue weighted by Gasteiger charge is 2.08. The minimum atomic E-state index is -0.995. The van der Waals surface area contributed by atoms with E-state index in [2.05, 4.69) is 21.2 Å². The molecule has 0 bridgehead atoms. The molecule has 5 heteroatoms. The van der Waals surface area contributed by atoms with Crippen molar-refractivity contribution in [2.75, 3.05) is 5.32 Å². The molecule has 0 aliphatic carbocycles. The zero-order valence-electron chi connectivity index (χ0n) is 7.50. The maximum atomic E-state index is 10.9. The molecule has 74 valence electrons. The summed E-state index contributed by atoms with van der Waals surface area (Å²) in [6, 6.07) is 5.20. The Morgan fingerprint density at radius 3 is 2.57 bits per heavy atom. The van der Waals surface area contributed by atoms with E-state index in [1.807, 2.05) is 6.92 Å². The molecule has 0 fully saturated rings. The number of hydrogen-bond donors (Lipinski definition) is 2. The lowest BCUT2D eigenvalue weighted by Gasteiger charge is -2.04. The fraction of sp³-hybridized carbons (Fsp3) is 0.111. The van der Waals surface area contributed by atoms with E-state index in [0.29, 0.717) is 5.69 Å². The van der Waals surface area contributed by atoms with Gasteiger partial charge in [0.2, 0.25) is 0 Å². The third-order valence-corrected chi connectivity index (χ3v) is 2.53. The Bertz CT molecular complexity index is 390. The fourth-order valence-electron chi connectivity index (χ4n) is 0.915. The number of nitrogens with one attached hydrogen (secondary N) is 1. The molecule has 0 saturated carbocycles. The average molecular weight is 257 g/mol. The summed E-state index contributed by atoms with van der Waals surface area (Å²) in [5, 5.41) is 2.38. The molecule has 1 aromatic carbocycles. The highest BCUT2D eigenvalue weighted by Crippen LogP contribution is 2.19. The number of halogens is 1. The summed E-state index contributed by atoms with van der Waals surface area (Å²) < 4.78 is 0.939. The quantitative estimate of drug-likeness (QED) is 0.741. The van der Waals surface area contributed by atoms with Gasteiger partial charge in [0.25, 0.3) is 0 Å². The molecule has 0 aromatic heterocycles. The Morgan fingerprint density at radius 1 is 1.43 bits per heavy atom. The molecule has 1 aromatic rings. The highest BCUT2D eigenvalue weighted by molar-refractivity contribution is 9.10. The molecule has 0 radical (unpaired) electrons. The van der Waals surface area contributed by atoms with Crippen molar-refractivity contribution in [1.29, 1.82) is 0 Å². The van der Waals surface area contributed by atoms with E-state index in [9.17, 15) is 9.59 Å². The highest BCUT2D eigenvalue weighted by atomic mass is 79.9. The van der Waals surface area contributed by atoms with Crippen LogP contribution in [-0.4, -0.2) is 11.8 Å². The molecule has 0 saturated heterocycles. The van der Waals surface area contributed by atoms with Gasteiger partial charge in [0.05, 0.1) is 0 Å². The van der Waals surface area contributed by atoms with Gasteiger partial charge in [-0.1, -0.05) is 15.9 Å². The van der Waals surface area contributed by atoms with Gasteiger partial charge in [0.15, 0.2) is 0 Å². The number of nitrogens with two attached hydrogens (primary N) is 1. The minimum absolute atomic E-state index is 0.550. The first kappa shape index (κ1) is 10.7. The third kappa shape index (κ3) is 2.56. The van der Waals surface area contributed by atoms with Gasteiger partial charge in [-0.05, 0) is 30.7 Å². The van der Waals surface area contributed by atoms with Gasteiger partial charge in [0, 0.05) is 10.2 Å². The predicted molar refractivity (Wildman–Crippen MR) is 56.7 cm³/mol. The first-order valence-electron chi connectivity index (χ1n) is 3.87. The van der Waals surface area contributed by atoms with E-state index >= 15 is 0 Å². The van der Waals surface area contributed by atoms with Crippen LogP contribution >= 0.6 is 15.9 Å². The number of benzene rings is 1. The van der Waals surface area contributed by atoms with E-state index in [-0.39, 0.29) is 0 Å². The van der Waals surface area contributed by atoms with Crippen LogP contribution in [0.25, 0.3) is 0 Å². The monoisotopic (exact) mass is 256 g/mol. The molecular formula is C9H9BrN2O2. The lowest BCUT2D eigenvalue weighted by Crippen LogP contribution is -2.29. The van der Waals surface area contributed by atoms with Crippen LogP contribution < -0.4 is 11.1 Å². The van der Waals surface area contributed by atoms with Crippen LogP contribution in [0.4, 0.5) is 5.69 Å². The van der Waals surface area contributed by atoms with Crippen molar-refractivity contribution in [3.8, 4) is 0 Å². The topological polar surface area (TPSA) is 72.2 Å². The molecule has 0 aliphatic rings. The number of aryl methyl sites for hydroxylation is 1. The molecule has 0 heterocycles. The number of carbonyl (C=O) groups excluding carboxylic acids is 2. The van der Waals surface area contributed by atoms with Gasteiger partial charge in [-0.25, -0.2) is 0 Å². The van der Waals surface area contributed by atoms with Crippen LogP contribution in [-0.2, 0) is 9.59 Å². The summed E-state index contributed by atoms with van der Waals surface area (Å²) in [7, 11) is 0. The summed E-state index contributed by atoms with van der Waals surface area (Å²) >= 11 is 3.32. The van der Waals surface area contributed by atoms with Gasteiger partial charge >= 0.3 is 11.8 Å². The Labute approximate surface area is 89.6 Å². The fourth-order valence-corrected chi connectivity index (χ4v) is 1.16. The normalized spacial score (nSPS) is 9.57. The van der Waals surface area contributed by atoms with Crippen LogP contribution in [0.2, 0.25) is 0 Å². The lowest BCUT2D eigenvalue weighted by atomic mass is 10.2. The van der Waals surface area contributed by atoms with Gasteiger partial charge < -0.3 is 11.1 Å². The Kier molecular flexibility index (Phi) is 3.24. The van der Waals surface area contributed by atoms with Crippen LogP contribution in [0, 0.1) is 6.92 Å². The van der Waals surface area contributed by atoms with E-state index < -0.39 is 11.8 Å². The largest absolute Gasteiger partial charge is 0.361 e. The Morgan fingerprint density at radius 2 is 2.07 bits per heavy atom. The van der Waals surface area contributed by atoms with E-state index in [0.717, 1.165) is 10.0 Å². The number of primary amides is 1. The van der Waals surface area contributed by atoms with Gasteiger partial charge in [-0.2, -0.15) is 0 Å². The van der Waals surface area contributed by atoms with Crippen molar-refractivity contribution < 1.29 is 9.59 Å². The number of rotatable bonds is 1. The first-order chi connectivity index (χ1) is 6.50. The van der Waals surface area contributed by atoms with E-state index in [1.165, 1.54) is 0 Å². The predicted octanol–water partition coefficient (Wildman–Crippen LogP) is 1.18. The standard InChI is InChI=1S/C9H9BrN2O2/c1-5-4-6(2-3-7(5)10)12-9(14)8(11)13/h2-4H,1H3,(H2,11,13)(H,12,14). The second-order valence-electron chi connectivity index (χ2n) is 2.78. The molecule has 0 spiro atoms. The third-order valence-electron chi connectivity index (χ3n) is 1.64. The number of hydrogen-bond acceptors (Lipinski definition) is 2. The molecule has 3 N–H and O–H groups in total. The number of anilines is 1. The van der Waals surface area contributed by atoms with E-state index in [1.54, 1.807) is 18.2 Å². The first-order valence-corrected chi connectivity index (χ1v) is 4.67. The summed E-state index contributed by atoms with van der Waals surface area (Å²) in [6.07, 6.45) is 0. The zero-order valence-corrected chi connectivity index (χ0v) is 9.09. The van der Waals surface area contributed by atoms with Gasteiger partial charge in [-0.3, -0.25) is 9.59 Å². The number of amides is 2. The maximum absolute atomic E-state index is 10.9. The Balaban J connectivity index is 2.83. The molecule has 0 aliphatic heterocycles. The van der Waals surface area contributed by atoms with Crippen LogP contribution in [0.5, 0.6) is 0 Å². The summed E-state index contributed by atoms with van der Waals surface area (Å²) in [5.74, 6) is -1.81. The molecular weight excluding hydrogens is 248 g/mol. The second-order valence-corrected chi connectivity index (χ2v) is 3.64. The molecule has 0 unspecified atom stereocenters. The number of carbonyl (C=O) groups is 2. The van der Waals surface area contributed by atoms with Crippen molar-refractivity contribution in [2.45, 2.75) is 6.92 Å². The smallest absolute Gasteiger partial charge is 0.313 e. The van der Waals surface area contributed by atoms with Crippen LogP contribution in [0.3, 0.4) is 0 Å². The van der Waals surface area contributed by atoms with E-state index in [4.69, 9.17) is 5.73 Å². The lowest BCUT2D eigenvalue weighted by molar-refractivity contribution is -0.134. The van der Waals surface area contributed by atoms with Gasteiger partial charge in [0.1, 0.15) is 0 Å². The Hall–Kier alpha value is -1.36. The molecule has 14 heavy (non-hydrogen) atoms. The average Bonchev–Trinajstić information content (AvgIpc) is 2.11. The molecule has 4 nitrogen and oxygen atoms in total. The second kappa shape index (κ2) is 4.23. The zero-order chi connectivity index (χ0) is 10.7. The molecule has 1 rings (SSSR count).